The highest BCUT2D eigenvalue weighted by Gasteiger charge is 2.34. The summed E-state index contributed by atoms with van der Waals surface area (Å²) in [4.78, 5) is 111. The zero-order chi connectivity index (χ0) is 62.7. The summed E-state index contributed by atoms with van der Waals surface area (Å²) >= 11 is 0. The maximum atomic E-state index is 15.3. The van der Waals surface area contributed by atoms with Gasteiger partial charge in [-0.05, 0) is 155 Å². The molecule has 0 unspecified atom stereocenters. The lowest BCUT2D eigenvalue weighted by Gasteiger charge is -2.33. The average Bonchev–Trinajstić information content (AvgIpc) is 3.64. The van der Waals surface area contributed by atoms with Crippen LogP contribution in [-0.2, 0) is 52.8 Å². The van der Waals surface area contributed by atoms with Crippen molar-refractivity contribution < 1.29 is 57.2 Å². The number of aryl methyl sites for hydroxylation is 1. The van der Waals surface area contributed by atoms with E-state index < -0.39 is 76.7 Å². The number of nitrogens with zero attached hydrogens (tertiary/aromatic N) is 6. The highest BCUT2D eigenvalue weighted by molar-refractivity contribution is 5.99. The van der Waals surface area contributed by atoms with Crippen LogP contribution < -0.4 is 21.5 Å². The number of ether oxygens (including phenoxy) is 5. The van der Waals surface area contributed by atoms with Gasteiger partial charge in [-0.15, -0.1) is 9.98 Å². The minimum Gasteiger partial charge on any atom is -0.489 e. The van der Waals surface area contributed by atoms with Gasteiger partial charge in [-0.25, -0.2) is 29.0 Å². The molecule has 1 aliphatic rings. The molecule has 0 fully saturated rings. The van der Waals surface area contributed by atoms with Crippen molar-refractivity contribution in [1.29, 1.82) is 0 Å². The smallest absolute Gasteiger partial charge is 0.437 e. The second kappa shape index (κ2) is 30.4. The van der Waals surface area contributed by atoms with Crippen LogP contribution in [0, 0.1) is 0 Å². The van der Waals surface area contributed by atoms with Crippen LogP contribution in [0.5, 0.6) is 5.75 Å². The molecule has 0 spiro atoms. The topological polar surface area (TPSA) is 267 Å². The molecule has 460 valence electrons. The zero-order valence-electron chi connectivity index (χ0n) is 51.5. The molecule has 5 N–H and O–H groups in total. The molecule has 21 nitrogen and oxygen atoms in total. The average molecular weight is 1170 g/mol. The molecular weight excluding hydrogens is 1090 g/mol. The zero-order valence-corrected chi connectivity index (χ0v) is 51.5. The van der Waals surface area contributed by atoms with Gasteiger partial charge in [-0.3, -0.25) is 14.4 Å². The van der Waals surface area contributed by atoms with Crippen LogP contribution in [0.1, 0.15) is 132 Å². The predicted molar refractivity (Wildman–Crippen MR) is 326 cm³/mol. The highest BCUT2D eigenvalue weighted by Crippen LogP contribution is 2.22. The highest BCUT2D eigenvalue weighted by atomic mass is 16.6. The van der Waals surface area contributed by atoms with Gasteiger partial charge in [0.2, 0.25) is 29.6 Å². The van der Waals surface area contributed by atoms with Gasteiger partial charge in [-0.1, -0.05) is 97.1 Å². The molecule has 1 heterocycles. The van der Waals surface area contributed by atoms with Gasteiger partial charge >= 0.3 is 24.4 Å². The summed E-state index contributed by atoms with van der Waals surface area (Å²) in [5.41, 5.74) is 11.5. The number of hydrogen-bond donors (Lipinski definition) is 3. The van der Waals surface area contributed by atoms with E-state index in [9.17, 15) is 28.8 Å². The first-order chi connectivity index (χ1) is 39.8. The minimum absolute atomic E-state index is 0.00602. The molecule has 5 rings (SSSR count). The predicted octanol–water partition coefficient (Wildman–Crippen LogP) is 10.2. The number of carbonyl (C=O) groups excluding carboxylic acids is 7. The summed E-state index contributed by atoms with van der Waals surface area (Å²) in [6.45, 7) is 20.0. The van der Waals surface area contributed by atoms with Crippen molar-refractivity contribution >= 4 is 64.8 Å². The normalized spacial score (nSPS) is 16.1. The standard InChI is InChI=1S/C64H87N9O12/c1-61(2,3)82-57(77)68-55(65)72(59(79)84-63(7,8)9)38-20-26-49-42-70(53(75)41-46-28-32-47-24-16-17-25-48(47)40-46)36-18-19-37-71(52(74)35-31-44-29-33-50(34-30-44)81-43-45-22-14-13-15-23-45)51(54(76)67-49)27-21-39-73(60(80)85-64(10,11)12)56(66)69-58(78)83-62(4,5)6/h13-19,22-25,28-30,32-34,40,49,51H,20-21,26-27,31,35-39,41-43H2,1-12H3,(H,67,76)(H2,65,68,77)(H2,66,69,78)/b19-18+/t49-,51+/m1/s1. The Morgan fingerprint density at radius 2 is 1.09 bits per heavy atom. The number of benzene rings is 4. The fourth-order valence-electron chi connectivity index (χ4n) is 8.84. The number of rotatable bonds is 16. The lowest BCUT2D eigenvalue weighted by molar-refractivity contribution is -0.140. The molecule has 0 bridgehead atoms. The third kappa shape index (κ3) is 24.0. The van der Waals surface area contributed by atoms with Crippen LogP contribution in [0.2, 0.25) is 0 Å². The van der Waals surface area contributed by atoms with E-state index in [1.54, 1.807) is 100 Å². The van der Waals surface area contributed by atoms with Crippen molar-refractivity contribution in [3.63, 3.8) is 0 Å². The van der Waals surface area contributed by atoms with Crippen molar-refractivity contribution in [1.82, 2.24) is 24.9 Å². The molecule has 2 atom stereocenters. The van der Waals surface area contributed by atoms with Gasteiger partial charge in [0.1, 0.15) is 40.8 Å². The Morgan fingerprint density at radius 3 is 1.65 bits per heavy atom. The summed E-state index contributed by atoms with van der Waals surface area (Å²) < 4.78 is 28.1. The number of aliphatic imine (C=N–C) groups is 2. The molecule has 85 heavy (non-hydrogen) atoms. The van der Waals surface area contributed by atoms with Crippen LogP contribution in [0.3, 0.4) is 0 Å². The number of hydrogen-bond acceptors (Lipinski definition) is 12. The van der Waals surface area contributed by atoms with Crippen molar-refractivity contribution in [2.75, 3.05) is 32.7 Å². The molecule has 21 heteroatoms. The van der Waals surface area contributed by atoms with E-state index in [1.807, 2.05) is 97.1 Å². The molecule has 4 aromatic carbocycles. The van der Waals surface area contributed by atoms with E-state index in [1.165, 1.54) is 4.90 Å². The van der Waals surface area contributed by atoms with Gasteiger partial charge in [-0.2, -0.15) is 0 Å². The summed E-state index contributed by atoms with van der Waals surface area (Å²) in [6.07, 6.45) is 0.244. The van der Waals surface area contributed by atoms with E-state index in [-0.39, 0.29) is 83.1 Å². The van der Waals surface area contributed by atoms with Crippen LogP contribution in [0.4, 0.5) is 19.2 Å². The Balaban J connectivity index is 1.52. The minimum atomic E-state index is -1.19. The first kappa shape index (κ1) is 67.3. The van der Waals surface area contributed by atoms with Crippen molar-refractivity contribution in [2.45, 2.75) is 169 Å². The van der Waals surface area contributed by atoms with E-state index in [0.717, 1.165) is 37.3 Å². The third-order valence-electron chi connectivity index (χ3n) is 12.7. The lowest BCUT2D eigenvalue weighted by atomic mass is 10.0. The monoisotopic (exact) mass is 1170 g/mol. The summed E-state index contributed by atoms with van der Waals surface area (Å²) in [6, 6.07) is 28.9. The number of nitrogens with one attached hydrogen (secondary N) is 1. The van der Waals surface area contributed by atoms with Crippen LogP contribution in [-0.4, -0.2) is 141 Å². The van der Waals surface area contributed by atoms with E-state index in [2.05, 4.69) is 15.3 Å². The SMILES string of the molecule is CC(C)(C)OC(=O)/N=C(\N)N(CCC[C@@H]1CN(C(=O)Cc2ccc3ccccc3c2)C/C=C/CN(C(=O)CCc2ccc(OCc3ccccc3)cc2)[C@@H](CCCN(C(=O)OC(C)(C)C)/C(N)=N/C(=O)OC(C)(C)C)C(=O)N1)C(=O)OC(C)(C)C. The lowest BCUT2D eigenvalue weighted by Crippen LogP contribution is -2.54. The summed E-state index contributed by atoms with van der Waals surface area (Å²) in [5.74, 6) is -1.52. The van der Waals surface area contributed by atoms with Gasteiger partial charge < -0.3 is 50.3 Å². The first-order valence-electron chi connectivity index (χ1n) is 28.7. The fraction of sp³-hybridized carbons (Fsp3) is 0.484. The second-order valence-corrected chi connectivity index (χ2v) is 24.8. The van der Waals surface area contributed by atoms with Gasteiger partial charge in [0.15, 0.2) is 0 Å². The van der Waals surface area contributed by atoms with Crippen LogP contribution in [0.15, 0.2) is 119 Å². The number of fused-ring (bicyclic) bond motifs is 1. The Kier molecular flexibility index (Phi) is 24.0. The summed E-state index contributed by atoms with van der Waals surface area (Å²) in [7, 11) is 0. The largest absolute Gasteiger partial charge is 0.489 e. The van der Waals surface area contributed by atoms with E-state index in [4.69, 9.17) is 35.2 Å². The number of guanidine groups is 2. The van der Waals surface area contributed by atoms with Gasteiger partial charge in [0.25, 0.3) is 0 Å². The second-order valence-electron chi connectivity index (χ2n) is 24.8. The van der Waals surface area contributed by atoms with Crippen molar-refractivity contribution in [3.8, 4) is 5.75 Å². The fourth-order valence-corrected chi connectivity index (χ4v) is 8.84. The summed E-state index contributed by atoms with van der Waals surface area (Å²) in [5, 5.41) is 5.14. The quantitative estimate of drug-likeness (QED) is 0.0408. The molecule has 0 aromatic heterocycles. The number of nitrogens with two attached hydrogens (primary N) is 2. The molecule has 7 amide bonds. The molecule has 0 radical (unpaired) electrons. The van der Waals surface area contributed by atoms with Gasteiger partial charge in [0, 0.05) is 45.2 Å². The molecule has 1 aliphatic heterocycles. The third-order valence-corrected chi connectivity index (χ3v) is 12.7. The van der Waals surface area contributed by atoms with E-state index >= 15 is 4.79 Å². The maximum absolute atomic E-state index is 15.3. The molecular formula is C64H87N9O12. The Morgan fingerprint density at radius 1 is 0.588 bits per heavy atom. The van der Waals surface area contributed by atoms with Gasteiger partial charge in [0.05, 0.1) is 6.42 Å². The first-order valence-corrected chi connectivity index (χ1v) is 28.7. The molecule has 4 aromatic rings. The Hall–Kier alpha value is -8.49. The van der Waals surface area contributed by atoms with Crippen molar-refractivity contribution in [2.24, 2.45) is 21.5 Å². The Bertz CT molecular complexity index is 3030. The number of carbonyl (C=O) groups is 7. The molecule has 0 aliphatic carbocycles. The van der Waals surface area contributed by atoms with Crippen LogP contribution in [0.25, 0.3) is 10.8 Å². The maximum Gasteiger partial charge on any atom is 0.437 e. The Labute approximate surface area is 500 Å². The molecule has 0 saturated carbocycles. The van der Waals surface area contributed by atoms with Crippen LogP contribution >= 0.6 is 0 Å². The van der Waals surface area contributed by atoms with E-state index in [0.29, 0.717) is 18.8 Å². The molecule has 0 saturated heterocycles. The number of amides is 7. The van der Waals surface area contributed by atoms with Crippen molar-refractivity contribution in [3.05, 3.63) is 126 Å².